The van der Waals surface area contributed by atoms with Crippen molar-refractivity contribution >= 4 is 28.3 Å². The zero-order chi connectivity index (χ0) is 11.3. The van der Waals surface area contributed by atoms with Crippen LogP contribution in [0.2, 0.25) is 0 Å². The van der Waals surface area contributed by atoms with Gasteiger partial charge in [0.15, 0.2) is 0 Å². The number of nitrogens with two attached hydrogens (primary N) is 2. The van der Waals surface area contributed by atoms with E-state index in [2.05, 4.69) is 15.9 Å². The predicted molar refractivity (Wildman–Crippen MR) is 71.2 cm³/mol. The Bertz CT molecular complexity index is 303. The van der Waals surface area contributed by atoms with Crippen molar-refractivity contribution in [2.75, 3.05) is 6.54 Å². The van der Waals surface area contributed by atoms with E-state index in [4.69, 9.17) is 11.5 Å². The van der Waals surface area contributed by atoms with Crippen LogP contribution in [-0.4, -0.2) is 6.54 Å². The second kappa shape index (κ2) is 8.01. The number of hydrogen-bond acceptors (Lipinski definition) is 2. The van der Waals surface area contributed by atoms with Crippen LogP contribution in [0.3, 0.4) is 0 Å². The molecule has 1 atom stereocenters. The van der Waals surface area contributed by atoms with E-state index in [-0.39, 0.29) is 24.3 Å². The number of hydrogen-bond donors (Lipinski definition) is 2. The Hall–Kier alpha value is -0.160. The lowest BCUT2D eigenvalue weighted by Gasteiger charge is -2.14. The summed E-state index contributed by atoms with van der Waals surface area (Å²) < 4.78 is 14.2. The Balaban J connectivity index is 0.00000225. The molecule has 0 bridgehead atoms. The third-order valence-corrected chi connectivity index (χ3v) is 3.03. The summed E-state index contributed by atoms with van der Waals surface area (Å²) in [7, 11) is 0. The van der Waals surface area contributed by atoms with Gasteiger partial charge in [-0.2, -0.15) is 0 Å². The van der Waals surface area contributed by atoms with E-state index in [1.54, 1.807) is 12.1 Å². The Kier molecular flexibility index (Phi) is 7.93. The molecular formula is C11H17BrClFN2. The molecule has 0 saturated carbocycles. The monoisotopic (exact) mass is 310 g/mol. The smallest absolute Gasteiger partial charge is 0.129 e. The maximum atomic E-state index is 13.5. The number of rotatable bonds is 5. The largest absolute Gasteiger partial charge is 0.330 e. The van der Waals surface area contributed by atoms with E-state index in [9.17, 15) is 4.39 Å². The van der Waals surface area contributed by atoms with E-state index < -0.39 is 0 Å². The topological polar surface area (TPSA) is 52.0 Å². The Morgan fingerprint density at radius 2 is 2.00 bits per heavy atom. The van der Waals surface area contributed by atoms with Crippen molar-refractivity contribution < 1.29 is 4.39 Å². The summed E-state index contributed by atoms with van der Waals surface area (Å²) in [6, 6.07) is 4.65. The van der Waals surface area contributed by atoms with E-state index in [0.717, 1.165) is 23.7 Å². The molecular weight excluding hydrogens is 294 g/mol. The molecule has 4 N–H and O–H groups in total. The van der Waals surface area contributed by atoms with Gasteiger partial charge >= 0.3 is 0 Å². The molecule has 16 heavy (non-hydrogen) atoms. The van der Waals surface area contributed by atoms with Crippen molar-refractivity contribution in [3.8, 4) is 0 Å². The average molecular weight is 312 g/mol. The van der Waals surface area contributed by atoms with Gasteiger partial charge in [0.1, 0.15) is 5.82 Å². The first kappa shape index (κ1) is 15.8. The molecule has 1 aromatic rings. The normalized spacial score (nSPS) is 12.0. The van der Waals surface area contributed by atoms with Gasteiger partial charge in [-0.05, 0) is 31.5 Å². The van der Waals surface area contributed by atoms with Crippen LogP contribution in [0, 0.1) is 5.82 Å². The molecule has 0 aliphatic rings. The molecule has 5 heteroatoms. The summed E-state index contributed by atoms with van der Waals surface area (Å²) in [5.41, 5.74) is 11.9. The lowest BCUT2D eigenvalue weighted by Crippen LogP contribution is -2.13. The van der Waals surface area contributed by atoms with Gasteiger partial charge in [0, 0.05) is 16.1 Å². The molecule has 1 aromatic carbocycles. The van der Waals surface area contributed by atoms with Crippen molar-refractivity contribution in [1.82, 2.24) is 0 Å². The molecule has 0 saturated heterocycles. The van der Waals surface area contributed by atoms with Crippen molar-refractivity contribution in [2.24, 2.45) is 11.5 Å². The second-order valence-electron chi connectivity index (χ2n) is 3.53. The SMILES string of the molecule is Cl.NCCCC[C@@H](N)c1c(F)cccc1Br. The quantitative estimate of drug-likeness (QED) is 0.821. The molecule has 0 radical (unpaired) electrons. The molecule has 0 amide bonds. The molecule has 0 unspecified atom stereocenters. The van der Waals surface area contributed by atoms with Crippen LogP contribution in [0.4, 0.5) is 4.39 Å². The lowest BCUT2D eigenvalue weighted by molar-refractivity contribution is 0.541. The van der Waals surface area contributed by atoms with Gasteiger partial charge in [-0.25, -0.2) is 4.39 Å². The molecule has 0 aliphatic carbocycles. The van der Waals surface area contributed by atoms with Gasteiger partial charge in [0.2, 0.25) is 0 Å². The van der Waals surface area contributed by atoms with Crippen molar-refractivity contribution in [3.05, 3.63) is 34.1 Å². The zero-order valence-electron chi connectivity index (χ0n) is 8.96. The highest BCUT2D eigenvalue weighted by Crippen LogP contribution is 2.27. The van der Waals surface area contributed by atoms with Gasteiger partial charge in [-0.3, -0.25) is 0 Å². The van der Waals surface area contributed by atoms with Gasteiger partial charge in [-0.1, -0.05) is 28.4 Å². The highest BCUT2D eigenvalue weighted by atomic mass is 79.9. The van der Waals surface area contributed by atoms with Crippen molar-refractivity contribution in [3.63, 3.8) is 0 Å². The molecule has 0 heterocycles. The predicted octanol–water partition coefficient (Wildman–Crippen LogP) is 3.14. The molecule has 0 fully saturated rings. The van der Waals surface area contributed by atoms with Crippen LogP contribution in [-0.2, 0) is 0 Å². The number of benzene rings is 1. The fourth-order valence-electron chi connectivity index (χ4n) is 1.52. The van der Waals surface area contributed by atoms with Gasteiger partial charge in [-0.15, -0.1) is 12.4 Å². The zero-order valence-corrected chi connectivity index (χ0v) is 11.4. The summed E-state index contributed by atoms with van der Waals surface area (Å²) in [5, 5.41) is 0. The molecule has 92 valence electrons. The van der Waals surface area contributed by atoms with E-state index in [0.29, 0.717) is 12.1 Å². The van der Waals surface area contributed by atoms with Crippen LogP contribution in [0.1, 0.15) is 30.9 Å². The van der Waals surface area contributed by atoms with Crippen molar-refractivity contribution in [2.45, 2.75) is 25.3 Å². The molecule has 0 aromatic heterocycles. The third kappa shape index (κ3) is 4.37. The first-order valence-corrected chi connectivity index (χ1v) is 5.85. The van der Waals surface area contributed by atoms with Crippen LogP contribution in [0.15, 0.2) is 22.7 Å². The first-order valence-electron chi connectivity index (χ1n) is 5.06. The molecule has 1 rings (SSSR count). The maximum Gasteiger partial charge on any atom is 0.129 e. The Morgan fingerprint density at radius 3 is 2.56 bits per heavy atom. The highest BCUT2D eigenvalue weighted by Gasteiger charge is 2.14. The fraction of sp³-hybridized carbons (Fsp3) is 0.455. The van der Waals surface area contributed by atoms with E-state index in [1.165, 1.54) is 6.07 Å². The Labute approximate surface area is 110 Å². The van der Waals surface area contributed by atoms with Crippen LogP contribution in [0.25, 0.3) is 0 Å². The molecule has 0 spiro atoms. The maximum absolute atomic E-state index is 13.5. The molecule has 0 aliphatic heterocycles. The van der Waals surface area contributed by atoms with E-state index in [1.807, 2.05) is 0 Å². The van der Waals surface area contributed by atoms with Gasteiger partial charge in [0.25, 0.3) is 0 Å². The summed E-state index contributed by atoms with van der Waals surface area (Å²) in [6.45, 7) is 0.658. The lowest BCUT2D eigenvalue weighted by atomic mass is 10.0. The average Bonchev–Trinajstić information content (AvgIpc) is 2.18. The molecule has 2 nitrogen and oxygen atoms in total. The summed E-state index contributed by atoms with van der Waals surface area (Å²) in [4.78, 5) is 0. The van der Waals surface area contributed by atoms with Gasteiger partial charge in [0.05, 0.1) is 0 Å². The first-order chi connectivity index (χ1) is 7.16. The highest BCUT2D eigenvalue weighted by molar-refractivity contribution is 9.10. The number of unbranched alkanes of at least 4 members (excludes halogenated alkanes) is 1. The van der Waals surface area contributed by atoms with Crippen molar-refractivity contribution in [1.29, 1.82) is 0 Å². The van der Waals surface area contributed by atoms with E-state index >= 15 is 0 Å². The third-order valence-electron chi connectivity index (χ3n) is 2.34. The summed E-state index contributed by atoms with van der Waals surface area (Å²) in [6.07, 6.45) is 2.62. The number of halogens is 3. The standard InChI is InChI=1S/C11H16BrFN2.ClH/c12-8-4-3-5-9(13)11(8)10(15)6-1-2-7-14;/h3-5,10H,1-2,6-7,14-15H2;1H/t10-;/m1./s1. The second-order valence-corrected chi connectivity index (χ2v) is 4.38. The van der Waals surface area contributed by atoms with Crippen LogP contribution >= 0.6 is 28.3 Å². The minimum atomic E-state index is -0.257. The summed E-state index contributed by atoms with van der Waals surface area (Å²) in [5.74, 6) is -0.246. The minimum absolute atomic E-state index is 0. The van der Waals surface area contributed by atoms with Gasteiger partial charge < -0.3 is 11.5 Å². The minimum Gasteiger partial charge on any atom is -0.330 e. The fourth-order valence-corrected chi connectivity index (χ4v) is 2.15. The van der Waals surface area contributed by atoms with Crippen LogP contribution < -0.4 is 11.5 Å². The summed E-state index contributed by atoms with van der Waals surface area (Å²) >= 11 is 3.31. The Morgan fingerprint density at radius 1 is 1.31 bits per heavy atom. The van der Waals surface area contributed by atoms with Crippen LogP contribution in [0.5, 0.6) is 0 Å².